The first-order valence-corrected chi connectivity index (χ1v) is 7.13. The number of hydrogen-bond acceptors (Lipinski definition) is 3. The zero-order valence-corrected chi connectivity index (χ0v) is 10.8. The van der Waals surface area contributed by atoms with Gasteiger partial charge in [-0.1, -0.05) is 13.3 Å². The molecular formula is C10H23NO3S. The van der Waals surface area contributed by atoms with Crippen LogP contribution in [0.2, 0.25) is 0 Å². The molecule has 0 aliphatic heterocycles. The molecule has 0 rings (SSSR count). The zero-order chi connectivity index (χ0) is 11.9. The molecule has 0 fully saturated rings. The van der Waals surface area contributed by atoms with Crippen LogP contribution in [0.5, 0.6) is 0 Å². The van der Waals surface area contributed by atoms with Gasteiger partial charge in [0.1, 0.15) is 0 Å². The highest BCUT2D eigenvalue weighted by molar-refractivity contribution is 7.89. The molecule has 0 aliphatic rings. The van der Waals surface area contributed by atoms with Gasteiger partial charge >= 0.3 is 0 Å². The molecule has 0 spiro atoms. The quantitative estimate of drug-likeness (QED) is 0.653. The summed E-state index contributed by atoms with van der Waals surface area (Å²) in [5.41, 5.74) is -0.0695. The number of hydrogen-bond donors (Lipinski definition) is 1. The van der Waals surface area contributed by atoms with Gasteiger partial charge in [0.05, 0.1) is 11.4 Å². The molecule has 15 heavy (non-hydrogen) atoms. The van der Waals surface area contributed by atoms with Gasteiger partial charge in [-0.3, -0.25) is 0 Å². The summed E-state index contributed by atoms with van der Waals surface area (Å²) in [7, 11) is -3.29. The molecule has 92 valence electrons. The normalized spacial score (nSPS) is 13.1. The molecule has 0 saturated heterocycles. The van der Waals surface area contributed by atoms with Crippen molar-refractivity contribution in [3.05, 3.63) is 0 Å². The van der Waals surface area contributed by atoms with Crippen molar-refractivity contribution in [2.45, 2.75) is 52.1 Å². The molecule has 0 heterocycles. The predicted octanol–water partition coefficient (Wildman–Crippen LogP) is 1.65. The standard InChI is InChI=1S/C10H23NO3S/c1-4-10(2,3)14-8-6-5-7-9-15(11,12)13/h4-9H2,1-3H3,(H2,11,12,13). The number of rotatable bonds is 8. The minimum absolute atomic E-state index is 0.0695. The van der Waals surface area contributed by atoms with E-state index in [4.69, 9.17) is 9.88 Å². The summed E-state index contributed by atoms with van der Waals surface area (Å²) in [5, 5.41) is 4.88. The third-order valence-electron chi connectivity index (χ3n) is 2.42. The maximum Gasteiger partial charge on any atom is 0.209 e. The SMILES string of the molecule is CCC(C)(C)OCCCCCS(N)(=O)=O. The fraction of sp³-hybridized carbons (Fsp3) is 1.00. The van der Waals surface area contributed by atoms with Gasteiger partial charge < -0.3 is 4.74 Å². The van der Waals surface area contributed by atoms with E-state index in [1.165, 1.54) is 0 Å². The summed E-state index contributed by atoms with van der Waals surface area (Å²) in [6, 6.07) is 0. The molecule has 0 bridgehead atoms. The van der Waals surface area contributed by atoms with E-state index in [2.05, 4.69) is 20.8 Å². The van der Waals surface area contributed by atoms with Gasteiger partial charge in [0, 0.05) is 6.61 Å². The van der Waals surface area contributed by atoms with Crippen molar-refractivity contribution in [1.29, 1.82) is 0 Å². The van der Waals surface area contributed by atoms with Crippen molar-refractivity contribution in [2.24, 2.45) is 5.14 Å². The summed E-state index contributed by atoms with van der Waals surface area (Å²) in [6.45, 7) is 6.88. The minimum atomic E-state index is -3.29. The Bertz CT molecular complexity index is 260. The van der Waals surface area contributed by atoms with E-state index in [1.54, 1.807) is 0 Å². The second-order valence-electron chi connectivity index (χ2n) is 4.39. The third kappa shape index (κ3) is 10.2. The average Bonchev–Trinajstić information content (AvgIpc) is 2.09. The number of nitrogens with two attached hydrogens (primary N) is 1. The first kappa shape index (κ1) is 14.9. The zero-order valence-electron chi connectivity index (χ0n) is 9.95. The first-order chi connectivity index (χ1) is 6.77. The monoisotopic (exact) mass is 237 g/mol. The largest absolute Gasteiger partial charge is 0.376 e. The molecule has 4 nitrogen and oxygen atoms in total. The van der Waals surface area contributed by atoms with E-state index < -0.39 is 10.0 Å². The minimum Gasteiger partial charge on any atom is -0.376 e. The van der Waals surface area contributed by atoms with Crippen LogP contribution in [0.25, 0.3) is 0 Å². The number of ether oxygens (including phenoxy) is 1. The molecule has 0 aromatic carbocycles. The Hall–Kier alpha value is -0.130. The highest BCUT2D eigenvalue weighted by atomic mass is 32.2. The van der Waals surface area contributed by atoms with Gasteiger partial charge in [-0.2, -0.15) is 0 Å². The van der Waals surface area contributed by atoms with Gasteiger partial charge in [-0.15, -0.1) is 0 Å². The van der Waals surface area contributed by atoms with Gasteiger partial charge in [0.15, 0.2) is 0 Å². The Kier molecular flexibility index (Phi) is 6.40. The van der Waals surface area contributed by atoms with E-state index in [1.807, 2.05) is 0 Å². The molecule has 0 aromatic rings. The van der Waals surface area contributed by atoms with Crippen LogP contribution in [-0.4, -0.2) is 26.4 Å². The number of sulfonamides is 1. The van der Waals surface area contributed by atoms with Gasteiger partial charge in [-0.05, 0) is 33.1 Å². The van der Waals surface area contributed by atoms with Crippen molar-refractivity contribution in [3.63, 3.8) is 0 Å². The van der Waals surface area contributed by atoms with E-state index >= 15 is 0 Å². The van der Waals surface area contributed by atoms with Crippen molar-refractivity contribution >= 4 is 10.0 Å². The second-order valence-corrected chi connectivity index (χ2v) is 6.12. The molecule has 0 saturated carbocycles. The molecule has 0 unspecified atom stereocenters. The van der Waals surface area contributed by atoms with Crippen LogP contribution in [0.1, 0.15) is 46.5 Å². The molecule has 0 aliphatic carbocycles. The van der Waals surface area contributed by atoms with Gasteiger partial charge in [0.2, 0.25) is 10.0 Å². The summed E-state index contributed by atoms with van der Waals surface area (Å²) < 4.78 is 26.9. The molecule has 0 radical (unpaired) electrons. The van der Waals surface area contributed by atoms with E-state index in [0.29, 0.717) is 13.0 Å². The molecular weight excluding hydrogens is 214 g/mol. The van der Waals surface area contributed by atoms with Gasteiger partial charge in [-0.25, -0.2) is 13.6 Å². The Labute approximate surface area is 93.2 Å². The highest BCUT2D eigenvalue weighted by Gasteiger charge is 2.14. The summed E-state index contributed by atoms with van der Waals surface area (Å²) in [5.74, 6) is 0.0736. The van der Waals surface area contributed by atoms with E-state index in [9.17, 15) is 8.42 Å². The maximum atomic E-state index is 10.6. The van der Waals surface area contributed by atoms with Crippen molar-refractivity contribution in [3.8, 4) is 0 Å². The predicted molar refractivity (Wildman–Crippen MR) is 62.1 cm³/mol. The van der Waals surface area contributed by atoms with Crippen LogP contribution in [0, 0.1) is 0 Å². The number of primary sulfonamides is 1. The smallest absolute Gasteiger partial charge is 0.209 e. The molecule has 0 amide bonds. The lowest BCUT2D eigenvalue weighted by Crippen LogP contribution is -2.23. The molecule has 2 N–H and O–H groups in total. The lowest BCUT2D eigenvalue weighted by Gasteiger charge is -2.23. The van der Waals surface area contributed by atoms with Crippen molar-refractivity contribution in [2.75, 3.05) is 12.4 Å². The highest BCUT2D eigenvalue weighted by Crippen LogP contribution is 2.14. The Morgan fingerprint density at radius 1 is 1.20 bits per heavy atom. The topological polar surface area (TPSA) is 69.4 Å². The molecule has 0 atom stereocenters. The summed E-state index contributed by atoms with van der Waals surface area (Å²) >= 11 is 0. The molecule has 5 heteroatoms. The van der Waals surface area contributed by atoms with Crippen LogP contribution in [-0.2, 0) is 14.8 Å². The van der Waals surface area contributed by atoms with Crippen LogP contribution in [0.15, 0.2) is 0 Å². The van der Waals surface area contributed by atoms with Crippen molar-refractivity contribution in [1.82, 2.24) is 0 Å². The van der Waals surface area contributed by atoms with Crippen molar-refractivity contribution < 1.29 is 13.2 Å². The van der Waals surface area contributed by atoms with Crippen LogP contribution in [0.4, 0.5) is 0 Å². The lowest BCUT2D eigenvalue weighted by atomic mass is 10.1. The van der Waals surface area contributed by atoms with Crippen LogP contribution in [0.3, 0.4) is 0 Å². The summed E-state index contributed by atoms with van der Waals surface area (Å²) in [4.78, 5) is 0. The number of unbranched alkanes of at least 4 members (excludes halogenated alkanes) is 2. The fourth-order valence-electron chi connectivity index (χ4n) is 1.03. The maximum absolute atomic E-state index is 10.6. The van der Waals surface area contributed by atoms with Crippen LogP contribution < -0.4 is 5.14 Å². The van der Waals surface area contributed by atoms with Gasteiger partial charge in [0.25, 0.3) is 0 Å². The van der Waals surface area contributed by atoms with E-state index in [0.717, 1.165) is 19.3 Å². The Morgan fingerprint density at radius 2 is 1.80 bits per heavy atom. The Balaban J connectivity index is 3.41. The molecule has 0 aromatic heterocycles. The Morgan fingerprint density at radius 3 is 2.27 bits per heavy atom. The van der Waals surface area contributed by atoms with E-state index in [-0.39, 0.29) is 11.4 Å². The third-order valence-corrected chi connectivity index (χ3v) is 3.28. The fourth-order valence-corrected chi connectivity index (χ4v) is 1.64. The summed E-state index contributed by atoms with van der Waals surface area (Å²) in [6.07, 6.45) is 3.33. The second kappa shape index (κ2) is 6.45. The van der Waals surface area contributed by atoms with Crippen LogP contribution >= 0.6 is 0 Å². The average molecular weight is 237 g/mol. The first-order valence-electron chi connectivity index (χ1n) is 5.41. The lowest BCUT2D eigenvalue weighted by molar-refractivity contribution is -0.0215.